The van der Waals surface area contributed by atoms with Gasteiger partial charge in [0.05, 0.1) is 5.56 Å². The number of nitrogen functional groups attached to an aromatic ring is 1. The Morgan fingerprint density at radius 1 is 1.32 bits per heavy atom. The molecule has 0 aliphatic rings. The summed E-state index contributed by atoms with van der Waals surface area (Å²) in [4.78, 5) is 32.0. The Labute approximate surface area is 142 Å². The number of carbonyl (C=O) groups is 3. The minimum Gasteiger partial charge on any atom is -0.501 e. The first-order chi connectivity index (χ1) is 11.3. The second kappa shape index (κ2) is 12.7. The average molecular weight is 605 g/mol. The predicted octanol–water partition coefficient (Wildman–Crippen LogP) is 2.09. The Morgan fingerprint density at radius 3 is 2.40 bits per heavy atom. The van der Waals surface area contributed by atoms with Gasteiger partial charge >= 0.3 is 11.9 Å². The van der Waals surface area contributed by atoms with E-state index in [0.29, 0.717) is 23.3 Å². The molecular formula is C17H24NO6Rf-. The molecule has 0 bridgehead atoms. The smallest absolute Gasteiger partial charge is 0.338 e. The second-order valence-electron chi connectivity index (χ2n) is 4.59. The van der Waals surface area contributed by atoms with Crippen LogP contribution >= 0.6 is 0 Å². The third-order valence-electron chi connectivity index (χ3n) is 2.57. The average Bonchev–Trinajstić information content (AvgIpc) is 2.54. The molecule has 0 atom stereocenters. The summed E-state index contributed by atoms with van der Waals surface area (Å²) < 4.78 is 13.8. The standard InChI is InChI=1S/C14H17NO4.C3H5O2.Rf.H2/c1-9(2)13(16)18-6-7-19-14(17)12-8-11(15)5-4-10(12)3;1-2-5-3-4;;/h4-5,8H,1,6-7,15H2,2-3H3;3H,1-2H2;;1H/q;-1;;. The van der Waals surface area contributed by atoms with Crippen molar-refractivity contribution < 1.29 is 30.0 Å². The van der Waals surface area contributed by atoms with Gasteiger partial charge in [-0.2, -0.15) is 0 Å². The molecule has 0 aliphatic heterocycles. The van der Waals surface area contributed by atoms with Crippen LogP contribution in [0.3, 0.4) is 0 Å². The van der Waals surface area contributed by atoms with Gasteiger partial charge in [0.25, 0.3) is 6.47 Å². The van der Waals surface area contributed by atoms with Crippen molar-refractivity contribution >= 4 is 24.1 Å². The molecule has 0 fully saturated rings. The van der Waals surface area contributed by atoms with Crippen LogP contribution in [0.2, 0.25) is 0 Å². The van der Waals surface area contributed by atoms with Gasteiger partial charge in [0.2, 0.25) is 0 Å². The third-order valence-corrected chi connectivity index (χ3v) is 2.57. The fourth-order valence-corrected chi connectivity index (χ4v) is 1.38. The van der Waals surface area contributed by atoms with Crippen LogP contribution in [-0.2, 0) is 23.8 Å². The van der Waals surface area contributed by atoms with E-state index in [-0.39, 0.29) is 21.2 Å². The topological polar surface area (TPSA) is 105 Å². The fraction of sp³-hybridized carbons (Fsp3) is 0.294. The maximum absolute atomic E-state index is 11.8. The van der Waals surface area contributed by atoms with Gasteiger partial charge in [0, 0.05) is 12.7 Å². The molecule has 2 N–H and O–H groups in total. The Bertz CT molecular complexity index is 595. The summed E-state index contributed by atoms with van der Waals surface area (Å²) in [6.45, 7) is 10.6. The Morgan fingerprint density at radius 2 is 1.92 bits per heavy atom. The second-order valence-corrected chi connectivity index (χ2v) is 4.59. The summed E-state index contributed by atoms with van der Waals surface area (Å²) in [7, 11) is 0. The number of ether oxygens (including phenoxy) is 3. The number of benzene rings is 1. The maximum atomic E-state index is 11.8. The predicted molar refractivity (Wildman–Crippen MR) is 91.1 cm³/mol. The number of carbonyl (C=O) groups excluding carboxylic acids is 3. The molecular weight excluding hydrogens is 581 g/mol. The molecule has 0 aromatic heterocycles. The molecule has 1 rings (SSSR count). The molecule has 0 aliphatic carbocycles. The van der Waals surface area contributed by atoms with E-state index in [4.69, 9.17) is 20.0 Å². The molecule has 0 spiro atoms. The minimum absolute atomic E-state index is 0. The van der Waals surface area contributed by atoms with Crippen molar-refractivity contribution in [1.82, 2.24) is 0 Å². The van der Waals surface area contributed by atoms with Crippen molar-refractivity contribution in [2.45, 2.75) is 13.8 Å². The van der Waals surface area contributed by atoms with Gasteiger partial charge < -0.3 is 26.9 Å². The van der Waals surface area contributed by atoms with E-state index in [1.165, 1.54) is 0 Å². The van der Waals surface area contributed by atoms with Crippen molar-refractivity contribution in [1.29, 1.82) is 0 Å². The number of hydrogen-bond donors (Lipinski definition) is 1. The molecule has 0 unspecified atom stereocenters. The van der Waals surface area contributed by atoms with Crippen LogP contribution in [0, 0.1) is 13.8 Å². The van der Waals surface area contributed by atoms with Gasteiger partial charge in [-0.05, 0) is 38.2 Å². The zero-order valence-corrected chi connectivity index (χ0v) is 21.0. The van der Waals surface area contributed by atoms with Crippen LogP contribution in [0.25, 0.3) is 0 Å². The summed E-state index contributed by atoms with van der Waals surface area (Å²) in [6.07, 6.45) is 0. The van der Waals surface area contributed by atoms with Crippen LogP contribution in [0.5, 0.6) is 0 Å². The molecule has 1 aromatic carbocycles. The van der Waals surface area contributed by atoms with Crippen molar-refractivity contribution in [3.05, 3.63) is 48.4 Å². The van der Waals surface area contributed by atoms with Gasteiger partial charge in [-0.3, -0.25) is 4.79 Å². The van der Waals surface area contributed by atoms with Crippen LogP contribution < -0.4 is 5.73 Å². The van der Waals surface area contributed by atoms with Crippen molar-refractivity contribution in [2.75, 3.05) is 25.6 Å². The SMILES string of the molecule is C=C(C)C(=O)OCCOC(=O)c1cc(N)ccc1C.[CH2-]COC=O.[HH].[Rf]. The van der Waals surface area contributed by atoms with E-state index in [0.717, 1.165) is 5.56 Å². The van der Waals surface area contributed by atoms with Gasteiger partial charge in [0.15, 0.2) is 0 Å². The van der Waals surface area contributed by atoms with E-state index in [1.807, 2.05) is 0 Å². The van der Waals surface area contributed by atoms with Gasteiger partial charge in [-0.15, -0.1) is 0 Å². The van der Waals surface area contributed by atoms with Crippen LogP contribution in [0.15, 0.2) is 30.4 Å². The Hall–Kier alpha value is -3.83. The van der Waals surface area contributed by atoms with E-state index in [9.17, 15) is 9.59 Å². The molecule has 0 radical (unpaired) electrons. The number of anilines is 1. The zero-order chi connectivity index (χ0) is 18.5. The summed E-state index contributed by atoms with van der Waals surface area (Å²) in [6, 6.07) is 5.01. The third kappa shape index (κ3) is 9.72. The summed E-state index contributed by atoms with van der Waals surface area (Å²) in [5, 5.41) is 0. The van der Waals surface area contributed by atoms with E-state index in [2.05, 4.69) is 18.2 Å². The normalized spacial score (nSPS) is 8.76. The van der Waals surface area contributed by atoms with E-state index in [1.54, 1.807) is 32.0 Å². The first kappa shape index (κ1) is 23.4. The minimum atomic E-state index is -0.504. The van der Waals surface area contributed by atoms with Gasteiger partial charge in [-0.1, -0.05) is 12.6 Å². The number of hydrogen-bond acceptors (Lipinski definition) is 7. The summed E-state index contributed by atoms with van der Waals surface area (Å²) in [5.41, 5.74) is 7.59. The van der Waals surface area contributed by atoms with Crippen LogP contribution in [0.4, 0.5) is 5.69 Å². The fourth-order valence-electron chi connectivity index (χ4n) is 1.38. The number of esters is 2. The molecule has 1 aromatic rings. The molecule has 0 saturated heterocycles. The molecule has 25 heavy (non-hydrogen) atoms. The largest absolute Gasteiger partial charge is 0.501 e. The summed E-state index contributed by atoms with van der Waals surface area (Å²) in [5.74, 6) is -0.993. The van der Waals surface area contributed by atoms with Crippen LogP contribution in [0.1, 0.15) is 24.3 Å². The Kier molecular flexibility index (Phi) is 11.9. The number of nitrogens with two attached hydrogens (primary N) is 1. The Balaban J connectivity index is -0.000000668. The number of aryl methyl sites for hydroxylation is 1. The summed E-state index contributed by atoms with van der Waals surface area (Å²) >= 11 is 0. The molecule has 8 heteroatoms. The van der Waals surface area contributed by atoms with Crippen molar-refractivity contribution in [3.8, 4) is 0 Å². The molecule has 0 saturated carbocycles. The first-order valence-corrected chi connectivity index (χ1v) is 7.03. The van der Waals surface area contributed by atoms with Gasteiger partial charge in [-0.25, -0.2) is 9.59 Å². The molecule has 7 nitrogen and oxygen atoms in total. The quantitative estimate of drug-likeness (QED) is 0.0966. The van der Waals surface area contributed by atoms with Crippen molar-refractivity contribution in [3.63, 3.8) is 0 Å². The maximum Gasteiger partial charge on any atom is 0.338 e. The van der Waals surface area contributed by atoms with Crippen LogP contribution in [-0.4, -0.2) is 38.2 Å². The molecule has 136 valence electrons. The first-order valence-electron chi connectivity index (χ1n) is 7.03. The molecule has 0 heterocycles. The molecule has 0 amide bonds. The van der Waals surface area contributed by atoms with Gasteiger partial charge in [0.1, 0.15) is 13.2 Å². The van der Waals surface area contributed by atoms with E-state index >= 15 is 0 Å². The van der Waals surface area contributed by atoms with E-state index < -0.39 is 11.9 Å². The monoisotopic (exact) mass is 605 g/mol. The zero-order valence-electron chi connectivity index (χ0n) is 14.6. The number of rotatable bonds is 7. The van der Waals surface area contributed by atoms with Crippen molar-refractivity contribution in [2.24, 2.45) is 0 Å².